The average Bonchev–Trinajstić information content (AvgIpc) is 3.09. The Morgan fingerprint density at radius 1 is 1.27 bits per heavy atom. The number of hydrogen-bond acceptors (Lipinski definition) is 3. The molecular weight excluding hydrogens is 395 g/mol. The minimum Gasteiger partial charge on any atom is -0.381 e. The summed E-state index contributed by atoms with van der Waals surface area (Å²) in [5.41, 5.74) is 6.67. The smallest absolute Gasteiger partial charge is 0.223 e. The fourth-order valence-electron chi connectivity index (χ4n) is 4.27. The molecule has 3 rings (SSSR count). The lowest BCUT2D eigenvalue weighted by atomic mass is 9.74. The van der Waals surface area contributed by atoms with E-state index in [2.05, 4.69) is 5.32 Å². The van der Waals surface area contributed by atoms with Crippen LogP contribution in [0.3, 0.4) is 0 Å². The van der Waals surface area contributed by atoms with Crippen molar-refractivity contribution < 1.29 is 9.53 Å². The van der Waals surface area contributed by atoms with E-state index in [0.717, 1.165) is 37.7 Å². The molecule has 0 bridgehead atoms. The Morgan fingerprint density at radius 2 is 2.00 bits per heavy atom. The zero-order chi connectivity index (χ0) is 17.9. The summed E-state index contributed by atoms with van der Waals surface area (Å²) in [4.78, 5) is 12.7. The average molecular weight is 422 g/mol. The molecule has 0 unspecified atom stereocenters. The summed E-state index contributed by atoms with van der Waals surface area (Å²) in [7, 11) is 0. The predicted molar refractivity (Wildman–Crippen MR) is 108 cm³/mol. The molecule has 1 amide bonds. The second kappa shape index (κ2) is 9.61. The van der Waals surface area contributed by atoms with Gasteiger partial charge in [0.1, 0.15) is 0 Å². The Morgan fingerprint density at radius 3 is 2.65 bits per heavy atom. The number of nitrogens with two attached hydrogens (primary N) is 1. The van der Waals surface area contributed by atoms with Crippen LogP contribution in [0.2, 0.25) is 10.0 Å². The molecular formula is C19H27Cl3N2O2. The van der Waals surface area contributed by atoms with Gasteiger partial charge < -0.3 is 15.8 Å². The van der Waals surface area contributed by atoms with Crippen LogP contribution < -0.4 is 11.1 Å². The number of nitrogens with one attached hydrogen (secondary N) is 1. The number of rotatable bonds is 5. The SMILES string of the molecule is Cl.NC[C@H]1CCC[C@H]1C(=O)NCC1(c2ccc(Cl)cc2Cl)CCOCC1. The van der Waals surface area contributed by atoms with Gasteiger partial charge in [-0.3, -0.25) is 4.79 Å². The predicted octanol–water partition coefficient (Wildman–Crippen LogP) is 3.95. The summed E-state index contributed by atoms with van der Waals surface area (Å²) in [6, 6.07) is 5.63. The number of ether oxygens (including phenoxy) is 1. The molecule has 3 N–H and O–H groups in total. The molecule has 7 heteroatoms. The lowest BCUT2D eigenvalue weighted by Crippen LogP contribution is -2.47. The standard InChI is InChI=1S/C19H26Cl2N2O2.ClH/c20-14-4-5-16(17(21)10-14)19(6-8-25-9-7-19)12-23-18(24)15-3-1-2-13(15)11-22;/h4-5,10,13,15H,1-3,6-9,11-12,22H2,(H,23,24);1H/t13-,15-;/m1./s1. The highest BCUT2D eigenvalue weighted by molar-refractivity contribution is 6.35. The van der Waals surface area contributed by atoms with Gasteiger partial charge in [-0.2, -0.15) is 0 Å². The summed E-state index contributed by atoms with van der Waals surface area (Å²) < 4.78 is 5.55. The molecule has 0 radical (unpaired) electrons. The van der Waals surface area contributed by atoms with Crippen molar-refractivity contribution in [3.8, 4) is 0 Å². The van der Waals surface area contributed by atoms with Crippen LogP contribution in [0.5, 0.6) is 0 Å². The Kier molecular flexibility index (Phi) is 8.05. The zero-order valence-electron chi connectivity index (χ0n) is 14.8. The van der Waals surface area contributed by atoms with Crippen LogP contribution in [-0.2, 0) is 14.9 Å². The lowest BCUT2D eigenvalue weighted by Gasteiger charge is -2.39. The van der Waals surface area contributed by atoms with Crippen molar-refractivity contribution in [1.82, 2.24) is 5.32 Å². The number of carbonyl (C=O) groups is 1. The van der Waals surface area contributed by atoms with Gasteiger partial charge >= 0.3 is 0 Å². The van der Waals surface area contributed by atoms with Gasteiger partial charge in [0.2, 0.25) is 5.91 Å². The van der Waals surface area contributed by atoms with Gasteiger partial charge in [0, 0.05) is 41.1 Å². The van der Waals surface area contributed by atoms with Crippen LogP contribution >= 0.6 is 35.6 Å². The highest BCUT2D eigenvalue weighted by Gasteiger charge is 2.38. The molecule has 0 aromatic heterocycles. The highest BCUT2D eigenvalue weighted by atomic mass is 35.5. The first-order valence-electron chi connectivity index (χ1n) is 9.07. The van der Waals surface area contributed by atoms with E-state index in [9.17, 15) is 4.79 Å². The summed E-state index contributed by atoms with van der Waals surface area (Å²) in [5.74, 6) is 0.483. The van der Waals surface area contributed by atoms with Crippen molar-refractivity contribution in [2.75, 3.05) is 26.3 Å². The maximum atomic E-state index is 12.7. The maximum absolute atomic E-state index is 12.7. The largest absolute Gasteiger partial charge is 0.381 e. The first-order valence-corrected chi connectivity index (χ1v) is 9.82. The molecule has 1 aromatic carbocycles. The van der Waals surface area contributed by atoms with Crippen molar-refractivity contribution in [3.63, 3.8) is 0 Å². The van der Waals surface area contributed by atoms with Gasteiger partial charge in [0.25, 0.3) is 0 Å². The van der Waals surface area contributed by atoms with Gasteiger partial charge in [0.05, 0.1) is 0 Å². The number of carbonyl (C=O) groups excluding carboxylic acids is 1. The lowest BCUT2D eigenvalue weighted by molar-refractivity contribution is -0.126. The molecule has 1 aliphatic carbocycles. The van der Waals surface area contributed by atoms with E-state index in [1.54, 1.807) is 6.07 Å². The van der Waals surface area contributed by atoms with E-state index in [1.807, 2.05) is 12.1 Å². The second-order valence-corrected chi connectivity index (χ2v) is 8.11. The highest BCUT2D eigenvalue weighted by Crippen LogP contribution is 2.39. The zero-order valence-corrected chi connectivity index (χ0v) is 17.1. The minimum absolute atomic E-state index is 0. The van der Waals surface area contributed by atoms with Crippen LogP contribution in [0.1, 0.15) is 37.7 Å². The Hall–Kier alpha value is -0.520. The van der Waals surface area contributed by atoms with E-state index in [1.165, 1.54) is 0 Å². The second-order valence-electron chi connectivity index (χ2n) is 7.27. The Balaban J connectivity index is 0.00000243. The summed E-state index contributed by atoms with van der Waals surface area (Å²) >= 11 is 12.5. The number of hydrogen-bond donors (Lipinski definition) is 2. The third-order valence-electron chi connectivity index (χ3n) is 5.85. The van der Waals surface area contributed by atoms with Crippen molar-refractivity contribution in [2.45, 2.75) is 37.5 Å². The van der Waals surface area contributed by atoms with E-state index >= 15 is 0 Å². The van der Waals surface area contributed by atoms with Crippen LogP contribution in [0.25, 0.3) is 0 Å². The van der Waals surface area contributed by atoms with Crippen molar-refractivity contribution in [3.05, 3.63) is 33.8 Å². The number of amides is 1. The minimum atomic E-state index is -0.202. The molecule has 1 heterocycles. The molecule has 1 saturated carbocycles. The normalized spacial score (nSPS) is 24.7. The molecule has 0 spiro atoms. The maximum Gasteiger partial charge on any atom is 0.223 e. The molecule has 1 aromatic rings. The van der Waals surface area contributed by atoms with E-state index in [-0.39, 0.29) is 29.6 Å². The van der Waals surface area contributed by atoms with Crippen LogP contribution in [0.15, 0.2) is 18.2 Å². The molecule has 26 heavy (non-hydrogen) atoms. The van der Waals surface area contributed by atoms with Gasteiger partial charge in [-0.25, -0.2) is 0 Å². The Bertz CT molecular complexity index is 621. The van der Waals surface area contributed by atoms with E-state index in [4.69, 9.17) is 33.7 Å². The van der Waals surface area contributed by atoms with E-state index < -0.39 is 0 Å². The molecule has 1 aliphatic heterocycles. The van der Waals surface area contributed by atoms with Gasteiger partial charge in [-0.05, 0) is 55.8 Å². The molecule has 4 nitrogen and oxygen atoms in total. The van der Waals surface area contributed by atoms with Crippen molar-refractivity contribution >= 4 is 41.5 Å². The quantitative estimate of drug-likeness (QED) is 0.756. The third kappa shape index (κ3) is 4.66. The fourth-order valence-corrected chi connectivity index (χ4v) is 4.88. The summed E-state index contributed by atoms with van der Waals surface area (Å²) in [5, 5.41) is 4.48. The molecule has 146 valence electrons. The summed E-state index contributed by atoms with van der Waals surface area (Å²) in [6.45, 7) is 2.50. The van der Waals surface area contributed by atoms with E-state index in [0.29, 0.717) is 42.3 Å². The summed E-state index contributed by atoms with van der Waals surface area (Å²) in [6.07, 6.45) is 4.74. The fraction of sp³-hybridized carbons (Fsp3) is 0.632. The van der Waals surface area contributed by atoms with Gasteiger partial charge in [-0.1, -0.05) is 35.7 Å². The van der Waals surface area contributed by atoms with Crippen molar-refractivity contribution in [2.24, 2.45) is 17.6 Å². The molecule has 2 aliphatic rings. The van der Waals surface area contributed by atoms with Crippen LogP contribution in [-0.4, -0.2) is 32.2 Å². The topological polar surface area (TPSA) is 64.4 Å². The number of benzene rings is 1. The van der Waals surface area contributed by atoms with Gasteiger partial charge in [-0.15, -0.1) is 12.4 Å². The third-order valence-corrected chi connectivity index (χ3v) is 6.40. The molecule has 2 fully saturated rings. The van der Waals surface area contributed by atoms with Crippen molar-refractivity contribution in [1.29, 1.82) is 0 Å². The first-order chi connectivity index (χ1) is 12.1. The first kappa shape index (κ1) is 21.8. The van der Waals surface area contributed by atoms with Gasteiger partial charge in [0.15, 0.2) is 0 Å². The van der Waals surface area contributed by atoms with Crippen LogP contribution in [0.4, 0.5) is 0 Å². The Labute approximate surface area is 171 Å². The monoisotopic (exact) mass is 420 g/mol. The molecule has 2 atom stereocenters. The number of halogens is 3. The molecule has 1 saturated heterocycles. The van der Waals surface area contributed by atoms with Crippen LogP contribution in [0, 0.1) is 11.8 Å².